The molecule has 1 saturated carbocycles. The quantitative estimate of drug-likeness (QED) is 0.568. The first-order chi connectivity index (χ1) is 7.74. The van der Waals surface area contributed by atoms with E-state index in [9.17, 15) is 0 Å². The van der Waals surface area contributed by atoms with Crippen LogP contribution in [0, 0.1) is 0 Å². The molecule has 4 N–H and O–H groups in total. The average Bonchev–Trinajstić information content (AvgIpc) is 2.25. The predicted molar refractivity (Wildman–Crippen MR) is 65.0 cm³/mol. The highest BCUT2D eigenvalue weighted by atomic mass is 79.9. The van der Waals surface area contributed by atoms with Crippen LogP contribution in [0.1, 0.15) is 12.8 Å². The van der Waals surface area contributed by atoms with Crippen LogP contribution in [-0.4, -0.2) is 29.2 Å². The topological polar surface area (TPSA) is 85.1 Å². The third-order valence-corrected chi connectivity index (χ3v) is 3.45. The summed E-state index contributed by atoms with van der Waals surface area (Å²) in [5.41, 5.74) is 2.50. The highest BCUT2D eigenvalue weighted by Crippen LogP contribution is 2.30. The molecule has 0 aromatic carbocycles. The summed E-state index contributed by atoms with van der Waals surface area (Å²) in [4.78, 5) is 8.13. The van der Waals surface area contributed by atoms with E-state index < -0.39 is 0 Å². The molecule has 0 atom stereocenters. The highest BCUT2D eigenvalue weighted by Gasteiger charge is 2.29. The molecule has 0 aliphatic heterocycles. The van der Waals surface area contributed by atoms with Gasteiger partial charge in [0.25, 0.3) is 0 Å². The molecule has 1 aromatic rings. The Morgan fingerprint density at radius 3 is 2.75 bits per heavy atom. The molecule has 0 bridgehead atoms. The zero-order valence-corrected chi connectivity index (χ0v) is 10.5. The van der Waals surface area contributed by atoms with Crippen molar-refractivity contribution in [3.63, 3.8) is 0 Å². The number of methoxy groups -OCH3 is 1. The monoisotopic (exact) mass is 287 g/mol. The minimum absolute atomic E-state index is 0.366. The highest BCUT2D eigenvalue weighted by molar-refractivity contribution is 9.10. The van der Waals surface area contributed by atoms with Gasteiger partial charge in [0, 0.05) is 13.2 Å². The Labute approximate surface area is 102 Å². The molecule has 16 heavy (non-hydrogen) atoms. The number of nitrogens with one attached hydrogen (secondary N) is 2. The van der Waals surface area contributed by atoms with Gasteiger partial charge in [-0.15, -0.1) is 0 Å². The number of ether oxygens (including phenoxy) is 1. The molecule has 0 amide bonds. The zero-order valence-electron chi connectivity index (χ0n) is 8.90. The van der Waals surface area contributed by atoms with Gasteiger partial charge in [0.15, 0.2) is 5.82 Å². The van der Waals surface area contributed by atoms with E-state index in [1.165, 1.54) is 6.33 Å². The molecule has 1 aliphatic carbocycles. The van der Waals surface area contributed by atoms with E-state index in [-0.39, 0.29) is 0 Å². The second-order valence-electron chi connectivity index (χ2n) is 3.70. The normalized spacial score (nSPS) is 23.7. The van der Waals surface area contributed by atoms with Crippen LogP contribution in [0.2, 0.25) is 0 Å². The fraction of sp³-hybridized carbons (Fsp3) is 0.556. The number of hydrogen-bond donors (Lipinski definition) is 3. The maximum absolute atomic E-state index is 5.32. The van der Waals surface area contributed by atoms with Crippen LogP contribution in [0.15, 0.2) is 10.8 Å². The van der Waals surface area contributed by atoms with Crippen molar-refractivity contribution < 1.29 is 4.74 Å². The largest absolute Gasteiger partial charge is 0.381 e. The Balaban J connectivity index is 2.00. The summed E-state index contributed by atoms with van der Waals surface area (Å²) in [6.07, 6.45) is 3.83. The van der Waals surface area contributed by atoms with Crippen LogP contribution in [-0.2, 0) is 4.74 Å². The van der Waals surface area contributed by atoms with E-state index in [1.54, 1.807) is 7.11 Å². The van der Waals surface area contributed by atoms with Gasteiger partial charge in [-0.25, -0.2) is 15.8 Å². The lowest BCUT2D eigenvalue weighted by Crippen LogP contribution is -2.40. The van der Waals surface area contributed by atoms with Crippen LogP contribution < -0.4 is 16.6 Å². The van der Waals surface area contributed by atoms with Gasteiger partial charge < -0.3 is 15.5 Å². The third kappa shape index (κ3) is 2.26. The van der Waals surface area contributed by atoms with Gasteiger partial charge in [-0.3, -0.25) is 0 Å². The van der Waals surface area contributed by atoms with Crippen LogP contribution >= 0.6 is 15.9 Å². The Bertz CT molecular complexity index is 369. The van der Waals surface area contributed by atoms with Gasteiger partial charge >= 0.3 is 0 Å². The van der Waals surface area contributed by atoms with Gasteiger partial charge in [-0.1, -0.05) is 0 Å². The molecule has 1 fully saturated rings. The smallest absolute Gasteiger partial charge is 0.159 e. The number of anilines is 2. The average molecular weight is 288 g/mol. The Morgan fingerprint density at radius 2 is 2.12 bits per heavy atom. The van der Waals surface area contributed by atoms with Gasteiger partial charge in [0.2, 0.25) is 0 Å². The molecule has 6 nitrogen and oxygen atoms in total. The van der Waals surface area contributed by atoms with Crippen LogP contribution in [0.25, 0.3) is 0 Å². The summed E-state index contributed by atoms with van der Waals surface area (Å²) in [5.74, 6) is 6.64. The number of aromatic nitrogens is 2. The summed E-state index contributed by atoms with van der Waals surface area (Å²) in [6, 6.07) is 0.404. The second kappa shape index (κ2) is 4.94. The Hall–Kier alpha value is -0.920. The van der Waals surface area contributed by atoms with Gasteiger partial charge in [0.05, 0.1) is 6.10 Å². The minimum atomic E-state index is 0.366. The van der Waals surface area contributed by atoms with Crippen LogP contribution in [0.5, 0.6) is 0 Å². The summed E-state index contributed by atoms with van der Waals surface area (Å²) in [5, 5.41) is 3.31. The maximum atomic E-state index is 5.32. The maximum Gasteiger partial charge on any atom is 0.159 e. The van der Waals surface area contributed by atoms with Crippen LogP contribution in [0.4, 0.5) is 11.6 Å². The van der Waals surface area contributed by atoms with Crippen molar-refractivity contribution in [3.8, 4) is 0 Å². The first-order valence-electron chi connectivity index (χ1n) is 5.01. The number of nitrogens with two attached hydrogens (primary N) is 1. The number of nitrogens with zero attached hydrogens (tertiary/aromatic N) is 2. The summed E-state index contributed by atoms with van der Waals surface area (Å²) >= 11 is 3.39. The molecule has 88 valence electrons. The minimum Gasteiger partial charge on any atom is -0.381 e. The van der Waals surface area contributed by atoms with Crippen molar-refractivity contribution in [2.24, 2.45) is 5.84 Å². The van der Waals surface area contributed by atoms with Crippen LogP contribution in [0.3, 0.4) is 0 Å². The van der Waals surface area contributed by atoms with E-state index in [0.29, 0.717) is 18.0 Å². The number of rotatable bonds is 4. The van der Waals surface area contributed by atoms with Gasteiger partial charge in [-0.2, -0.15) is 0 Å². The molecule has 0 saturated heterocycles. The molecule has 2 rings (SSSR count). The molecule has 0 unspecified atom stereocenters. The molecule has 1 aromatic heterocycles. The van der Waals surface area contributed by atoms with Crippen molar-refractivity contribution in [2.75, 3.05) is 17.9 Å². The SMILES string of the molecule is COC1CC(Nc2ncnc(NN)c2Br)C1. The summed E-state index contributed by atoms with van der Waals surface area (Å²) < 4.78 is 5.96. The van der Waals surface area contributed by atoms with Crippen molar-refractivity contribution in [1.82, 2.24) is 9.97 Å². The number of hydrogen-bond acceptors (Lipinski definition) is 6. The Kier molecular flexibility index (Phi) is 3.57. The second-order valence-corrected chi connectivity index (χ2v) is 4.49. The van der Waals surface area contributed by atoms with E-state index in [0.717, 1.165) is 23.1 Å². The van der Waals surface area contributed by atoms with Crippen molar-refractivity contribution in [3.05, 3.63) is 10.8 Å². The number of nitrogen functional groups attached to an aromatic ring is 1. The van der Waals surface area contributed by atoms with Crippen molar-refractivity contribution >= 4 is 27.6 Å². The number of hydrazine groups is 1. The van der Waals surface area contributed by atoms with Gasteiger partial charge in [0.1, 0.15) is 16.6 Å². The Morgan fingerprint density at radius 1 is 1.44 bits per heavy atom. The molecular weight excluding hydrogens is 274 g/mol. The molecule has 0 spiro atoms. The van der Waals surface area contributed by atoms with E-state index in [1.807, 2.05) is 0 Å². The first-order valence-corrected chi connectivity index (χ1v) is 5.80. The van der Waals surface area contributed by atoms with Crippen molar-refractivity contribution in [1.29, 1.82) is 0 Å². The number of halogens is 1. The fourth-order valence-corrected chi connectivity index (χ4v) is 2.07. The van der Waals surface area contributed by atoms with E-state index in [4.69, 9.17) is 10.6 Å². The molecular formula is C9H14BrN5O. The van der Waals surface area contributed by atoms with E-state index in [2.05, 4.69) is 36.6 Å². The van der Waals surface area contributed by atoms with Gasteiger partial charge in [-0.05, 0) is 28.8 Å². The summed E-state index contributed by atoms with van der Waals surface area (Å²) in [7, 11) is 1.73. The van der Waals surface area contributed by atoms with Crippen molar-refractivity contribution in [2.45, 2.75) is 25.0 Å². The molecule has 1 aliphatic rings. The lowest BCUT2D eigenvalue weighted by molar-refractivity contribution is 0.0328. The lowest BCUT2D eigenvalue weighted by atomic mass is 9.89. The first kappa shape index (κ1) is 11.6. The predicted octanol–water partition coefficient (Wildman–Crippen LogP) is 1.11. The fourth-order valence-electron chi connectivity index (χ4n) is 1.64. The standard InChI is InChI=1S/C9H14BrN5O/c1-16-6-2-5(3-6)14-8-7(10)9(15-11)13-4-12-8/h4-6H,2-3,11H2,1H3,(H2,12,13,14,15). The summed E-state index contributed by atoms with van der Waals surface area (Å²) in [6.45, 7) is 0. The lowest BCUT2D eigenvalue weighted by Gasteiger charge is -2.35. The molecule has 0 radical (unpaired) electrons. The van der Waals surface area contributed by atoms with E-state index >= 15 is 0 Å². The molecule has 1 heterocycles. The molecule has 7 heteroatoms. The zero-order chi connectivity index (χ0) is 11.5. The third-order valence-electron chi connectivity index (χ3n) is 2.70.